The van der Waals surface area contributed by atoms with Crippen molar-refractivity contribution in [1.82, 2.24) is 25.1 Å². The van der Waals surface area contributed by atoms with Gasteiger partial charge in [0.2, 0.25) is 11.8 Å². The molecule has 1 aromatic heterocycles. The lowest BCUT2D eigenvalue weighted by molar-refractivity contribution is -0.225. The molecule has 352 valence electrons. The number of methoxy groups -OCH3 is 2. The second-order valence-corrected chi connectivity index (χ2v) is 21.3. The molecule has 2 saturated carbocycles. The predicted molar refractivity (Wildman–Crippen MR) is 238 cm³/mol. The zero-order chi connectivity index (χ0) is 47.4. The SMILES string of the molecule is COC(=O)C[C@H](C(=O)N1[C@@H]2CC[C@@H](C2)[C@H]1C1=NC=C(c2ccc3c(c2)C(F)(F)C(F)(F)c2cc(-c4cnc([C@@H]5[C@H]6CC[C@H](C6)N5C(=O)[C@@H](NC(=O)OC)C(C)(C)C)[nH]4)ccc2-3)C1)C(C)(C)C. The third kappa shape index (κ3) is 7.40. The summed E-state index contributed by atoms with van der Waals surface area (Å²) in [6.07, 6.45) is 7.49. The molecular weight excluding hydrogens is 857 g/mol. The van der Waals surface area contributed by atoms with Crippen molar-refractivity contribution in [2.75, 3.05) is 14.2 Å². The predicted octanol–water partition coefficient (Wildman–Crippen LogP) is 9.55. The van der Waals surface area contributed by atoms with Crippen LogP contribution in [0.5, 0.6) is 0 Å². The molecule has 3 aliphatic carbocycles. The number of carbonyl (C=O) groups excluding carboxylic acids is 4. The maximum atomic E-state index is 16.4. The molecule has 12 nitrogen and oxygen atoms in total. The highest BCUT2D eigenvalue weighted by molar-refractivity contribution is 6.04. The molecule has 66 heavy (non-hydrogen) atoms. The number of benzene rings is 2. The number of halogens is 4. The summed E-state index contributed by atoms with van der Waals surface area (Å²) in [7, 11) is 2.53. The fraction of sp³-hybridized carbons (Fsp3) is 0.560. The fourth-order valence-corrected chi connectivity index (χ4v) is 11.8. The van der Waals surface area contributed by atoms with Crippen LogP contribution in [0.1, 0.15) is 121 Å². The van der Waals surface area contributed by atoms with E-state index in [-0.39, 0.29) is 71.3 Å². The molecule has 0 radical (unpaired) electrons. The standard InChI is InChI=1S/C50H58F4N6O6/c1-47(2,3)36(22-39(61)65-7)44(62)59-30-13-9-27(17-30)40(59)37-21-29(23-55-37)25-11-15-32-33-16-12-26(20-35(33)50(53,54)49(51,52)34(32)19-25)38-24-56-43(57-38)41-28-10-14-31(18-28)60(41)45(63)42(48(4,5)6)58-46(64)66-8/h11-12,15-16,19-20,23-24,27-28,30-31,36,40-42H,9-10,13-14,17-18,21-22H2,1-8H3,(H,56,57)(H,58,64)/t27-,28-,30+,31+,36+,40-,41-,42+/m0/s1. The monoisotopic (exact) mass is 914 g/mol. The van der Waals surface area contributed by atoms with E-state index < -0.39 is 63.9 Å². The highest BCUT2D eigenvalue weighted by atomic mass is 19.3. The summed E-state index contributed by atoms with van der Waals surface area (Å²) in [5.41, 5.74) is -0.578. The molecule has 4 bridgehead atoms. The number of fused-ring (bicyclic) bond motifs is 7. The molecule has 4 heterocycles. The number of allylic oxidation sites excluding steroid dienone is 1. The Balaban J connectivity index is 0.967. The number of piperidine rings is 2. The Kier molecular flexibility index (Phi) is 11.1. The maximum Gasteiger partial charge on any atom is 0.407 e. The number of alkyl halides is 4. The first-order valence-corrected chi connectivity index (χ1v) is 23.0. The molecule has 3 aliphatic heterocycles. The third-order valence-electron chi connectivity index (χ3n) is 15.2. The van der Waals surface area contributed by atoms with Gasteiger partial charge in [0.15, 0.2) is 0 Å². The molecule has 3 amide bonds. The van der Waals surface area contributed by atoms with Gasteiger partial charge in [0.05, 0.1) is 50.5 Å². The van der Waals surface area contributed by atoms with Crippen molar-refractivity contribution in [1.29, 1.82) is 0 Å². The minimum atomic E-state index is -4.58. The molecule has 0 unspecified atom stereocenters. The van der Waals surface area contributed by atoms with E-state index in [0.717, 1.165) is 56.4 Å². The van der Waals surface area contributed by atoms with Crippen LogP contribution in [-0.2, 0) is 35.7 Å². The quantitative estimate of drug-likeness (QED) is 0.161. The Labute approximate surface area is 382 Å². The lowest BCUT2D eigenvalue weighted by atomic mass is 9.77. The summed E-state index contributed by atoms with van der Waals surface area (Å²) in [5.74, 6) is -9.98. The van der Waals surface area contributed by atoms with E-state index in [1.807, 2.05) is 46.4 Å². The second kappa shape index (κ2) is 16.1. The number of hydrogen-bond donors (Lipinski definition) is 2. The van der Waals surface area contributed by atoms with Gasteiger partial charge in [-0.1, -0.05) is 65.8 Å². The van der Waals surface area contributed by atoms with Crippen molar-refractivity contribution in [3.8, 4) is 22.4 Å². The lowest BCUT2D eigenvalue weighted by Crippen LogP contribution is -2.56. The molecular formula is C50H58F4N6O6. The van der Waals surface area contributed by atoms with Crippen LogP contribution in [0.3, 0.4) is 0 Å². The first-order chi connectivity index (χ1) is 31.0. The van der Waals surface area contributed by atoms with E-state index >= 15 is 17.6 Å². The lowest BCUT2D eigenvalue weighted by Gasteiger charge is -2.40. The molecule has 0 spiro atoms. The van der Waals surface area contributed by atoms with E-state index in [9.17, 15) is 19.2 Å². The molecule has 2 N–H and O–H groups in total. The Morgan fingerprint density at radius 3 is 1.94 bits per heavy atom. The third-order valence-corrected chi connectivity index (χ3v) is 15.2. The fourth-order valence-electron chi connectivity index (χ4n) is 11.8. The van der Waals surface area contributed by atoms with Crippen molar-refractivity contribution < 1.29 is 46.2 Å². The van der Waals surface area contributed by atoms with E-state index in [2.05, 4.69) is 15.3 Å². The van der Waals surface area contributed by atoms with Gasteiger partial charge in [-0.3, -0.25) is 19.4 Å². The second-order valence-electron chi connectivity index (χ2n) is 21.3. The Morgan fingerprint density at radius 2 is 1.36 bits per heavy atom. The summed E-state index contributed by atoms with van der Waals surface area (Å²) in [4.78, 5) is 69.5. The number of aromatic amines is 1. The van der Waals surface area contributed by atoms with Gasteiger partial charge in [-0.05, 0) is 95.6 Å². The van der Waals surface area contributed by atoms with E-state index in [1.165, 1.54) is 32.5 Å². The van der Waals surface area contributed by atoms with Crippen LogP contribution in [-0.4, -0.2) is 87.7 Å². The number of imidazole rings is 1. The summed E-state index contributed by atoms with van der Waals surface area (Å²) in [5, 5.41) is 2.70. The van der Waals surface area contributed by atoms with E-state index in [0.29, 0.717) is 22.7 Å². The molecule has 6 aliphatic rings. The zero-order valence-electron chi connectivity index (χ0n) is 38.6. The molecule has 8 atom stereocenters. The summed E-state index contributed by atoms with van der Waals surface area (Å²) < 4.78 is 75.4. The minimum absolute atomic E-state index is 0.00425. The number of likely N-dealkylation sites (tertiary alicyclic amines) is 2. The number of amides is 3. The average Bonchev–Trinajstić information content (AvgIpc) is 4.14. The highest BCUT2D eigenvalue weighted by Gasteiger charge is 2.63. The normalized spacial score (nSPS) is 26.6. The van der Waals surface area contributed by atoms with Crippen molar-refractivity contribution in [3.63, 3.8) is 0 Å². The number of esters is 1. The number of carbonyl (C=O) groups is 4. The number of H-pyrrole nitrogens is 1. The Bertz CT molecular complexity index is 2560. The first kappa shape index (κ1) is 45.6. The number of aromatic nitrogens is 2. The van der Waals surface area contributed by atoms with Crippen molar-refractivity contribution in [3.05, 3.63) is 71.3 Å². The van der Waals surface area contributed by atoms with Crippen LogP contribution < -0.4 is 5.32 Å². The molecule has 2 saturated heterocycles. The first-order valence-electron chi connectivity index (χ1n) is 23.0. The zero-order valence-corrected chi connectivity index (χ0v) is 38.6. The molecule has 4 fully saturated rings. The van der Waals surface area contributed by atoms with Crippen molar-refractivity contribution >= 4 is 35.2 Å². The van der Waals surface area contributed by atoms with Crippen LogP contribution in [0.15, 0.2) is 53.8 Å². The van der Waals surface area contributed by atoms with Crippen LogP contribution in [0.4, 0.5) is 22.4 Å². The number of hydrogen-bond acceptors (Lipinski definition) is 8. The van der Waals surface area contributed by atoms with Crippen LogP contribution >= 0.6 is 0 Å². The van der Waals surface area contributed by atoms with Crippen molar-refractivity contribution in [2.24, 2.45) is 33.6 Å². The summed E-state index contributed by atoms with van der Waals surface area (Å²) >= 11 is 0. The van der Waals surface area contributed by atoms with E-state index in [1.54, 1.807) is 23.2 Å². The van der Waals surface area contributed by atoms with Gasteiger partial charge in [-0.15, -0.1) is 0 Å². The number of alkyl carbamates (subject to hydrolysis) is 1. The highest BCUT2D eigenvalue weighted by Crippen LogP contribution is 2.59. The largest absolute Gasteiger partial charge is 0.469 e. The van der Waals surface area contributed by atoms with Gasteiger partial charge in [-0.25, -0.2) is 9.78 Å². The smallest absolute Gasteiger partial charge is 0.407 e. The topological polar surface area (TPSA) is 146 Å². The number of aliphatic imine (C=N–C) groups is 1. The molecule has 3 aromatic rings. The van der Waals surface area contributed by atoms with Gasteiger partial charge >= 0.3 is 23.9 Å². The van der Waals surface area contributed by atoms with Gasteiger partial charge in [0.25, 0.3) is 0 Å². The molecule has 2 aromatic carbocycles. The van der Waals surface area contributed by atoms with Gasteiger partial charge < -0.3 is 29.6 Å². The average molecular weight is 915 g/mol. The van der Waals surface area contributed by atoms with Gasteiger partial charge in [0.1, 0.15) is 11.9 Å². The van der Waals surface area contributed by atoms with Crippen molar-refractivity contribution in [2.45, 2.75) is 135 Å². The molecule has 16 heteroatoms. The van der Waals surface area contributed by atoms with Crippen LogP contribution in [0.2, 0.25) is 0 Å². The van der Waals surface area contributed by atoms with E-state index in [4.69, 9.17) is 14.5 Å². The van der Waals surface area contributed by atoms with Gasteiger partial charge in [0, 0.05) is 47.1 Å². The van der Waals surface area contributed by atoms with Crippen LogP contribution in [0.25, 0.3) is 28.0 Å². The number of ether oxygens (including phenoxy) is 2. The summed E-state index contributed by atoms with van der Waals surface area (Å²) in [6, 6.07) is 6.63. The Morgan fingerprint density at radius 1 is 0.788 bits per heavy atom. The van der Waals surface area contributed by atoms with Gasteiger partial charge in [-0.2, -0.15) is 17.6 Å². The maximum absolute atomic E-state index is 16.4. The Hall–Kier alpha value is -5.54. The summed E-state index contributed by atoms with van der Waals surface area (Å²) in [6.45, 7) is 11.3. The minimum Gasteiger partial charge on any atom is -0.469 e. The molecule has 9 rings (SSSR count). The number of nitrogens with zero attached hydrogens (tertiary/aromatic N) is 4. The van der Waals surface area contributed by atoms with Crippen LogP contribution in [0, 0.1) is 28.6 Å². The number of nitrogens with one attached hydrogen (secondary N) is 2. The number of rotatable bonds is 9.